The Labute approximate surface area is 130 Å². The lowest BCUT2D eigenvalue weighted by Gasteiger charge is -2.36. The minimum absolute atomic E-state index is 0.0705. The van der Waals surface area contributed by atoms with Crippen molar-refractivity contribution in [3.8, 4) is 0 Å². The Morgan fingerprint density at radius 2 is 1.81 bits per heavy atom. The molecule has 0 bridgehead atoms. The molecule has 0 spiro atoms. The molecule has 0 radical (unpaired) electrons. The first-order chi connectivity index (χ1) is 9.85. The molecule has 1 fully saturated rings. The second-order valence-electron chi connectivity index (χ2n) is 7.44. The Morgan fingerprint density at radius 1 is 1.24 bits per heavy atom. The average Bonchev–Trinajstić information content (AvgIpc) is 2.66. The minimum Gasteiger partial charge on any atom is -0.350 e. The molecule has 0 aromatic heterocycles. The van der Waals surface area contributed by atoms with Crippen LogP contribution in [0.5, 0.6) is 0 Å². The van der Waals surface area contributed by atoms with Crippen molar-refractivity contribution in [3.05, 3.63) is 0 Å². The van der Waals surface area contributed by atoms with E-state index in [0.717, 1.165) is 13.0 Å². The number of nitrogens with zero attached hydrogens (tertiary/aromatic N) is 1. The first-order valence-electron chi connectivity index (χ1n) is 8.63. The van der Waals surface area contributed by atoms with Crippen LogP contribution in [0.1, 0.15) is 72.6 Å². The Hall–Kier alpha value is -0.610. The average molecular weight is 297 g/mol. The maximum Gasteiger partial charge on any atom is 0.237 e. The van der Waals surface area contributed by atoms with Crippen molar-refractivity contribution in [1.29, 1.82) is 0 Å². The normalized spacial score (nSPS) is 19.3. The Balaban J connectivity index is 2.72. The zero-order valence-corrected chi connectivity index (χ0v) is 14.5. The van der Waals surface area contributed by atoms with Crippen LogP contribution in [-0.2, 0) is 4.79 Å². The van der Waals surface area contributed by atoms with Crippen molar-refractivity contribution < 1.29 is 4.79 Å². The molecule has 0 aromatic carbocycles. The molecule has 124 valence electrons. The van der Waals surface area contributed by atoms with E-state index in [-0.39, 0.29) is 17.5 Å². The molecule has 1 aliphatic carbocycles. The van der Waals surface area contributed by atoms with E-state index in [4.69, 9.17) is 5.73 Å². The largest absolute Gasteiger partial charge is 0.350 e. The fourth-order valence-corrected chi connectivity index (χ4v) is 3.18. The number of hydrogen-bond acceptors (Lipinski definition) is 3. The third kappa shape index (κ3) is 6.79. The summed E-state index contributed by atoms with van der Waals surface area (Å²) in [5.41, 5.74) is 5.52. The Morgan fingerprint density at radius 3 is 2.29 bits per heavy atom. The van der Waals surface area contributed by atoms with Crippen LogP contribution in [0.4, 0.5) is 0 Å². The van der Waals surface area contributed by atoms with E-state index in [1.807, 2.05) is 27.7 Å². The second-order valence-corrected chi connectivity index (χ2v) is 7.44. The summed E-state index contributed by atoms with van der Waals surface area (Å²) in [7, 11) is 0. The van der Waals surface area contributed by atoms with Crippen LogP contribution in [0.3, 0.4) is 0 Å². The topological polar surface area (TPSA) is 58.4 Å². The van der Waals surface area contributed by atoms with Gasteiger partial charge in [0, 0.05) is 18.1 Å². The van der Waals surface area contributed by atoms with Gasteiger partial charge in [-0.3, -0.25) is 9.69 Å². The first-order valence-corrected chi connectivity index (χ1v) is 8.63. The maximum atomic E-state index is 12.5. The maximum absolute atomic E-state index is 12.5. The van der Waals surface area contributed by atoms with Gasteiger partial charge in [-0.15, -0.1) is 0 Å². The zero-order valence-electron chi connectivity index (χ0n) is 14.5. The number of nitrogens with one attached hydrogen (secondary N) is 1. The molecule has 0 aromatic rings. The molecule has 1 aliphatic rings. The first kappa shape index (κ1) is 18.4. The Kier molecular flexibility index (Phi) is 7.67. The van der Waals surface area contributed by atoms with Crippen molar-refractivity contribution in [3.63, 3.8) is 0 Å². The monoisotopic (exact) mass is 297 g/mol. The summed E-state index contributed by atoms with van der Waals surface area (Å²) in [4.78, 5) is 14.9. The van der Waals surface area contributed by atoms with Gasteiger partial charge in [-0.25, -0.2) is 0 Å². The SMILES string of the molecule is CC(C(=O)NC(C)(C)C)N(CCCN)C1CCCCCC1. The van der Waals surface area contributed by atoms with Crippen molar-refractivity contribution in [2.75, 3.05) is 13.1 Å². The van der Waals surface area contributed by atoms with Gasteiger partial charge < -0.3 is 11.1 Å². The van der Waals surface area contributed by atoms with Gasteiger partial charge >= 0.3 is 0 Å². The third-order valence-corrected chi connectivity index (χ3v) is 4.29. The molecular weight excluding hydrogens is 262 g/mol. The summed E-state index contributed by atoms with van der Waals surface area (Å²) in [5, 5.41) is 3.12. The number of carbonyl (C=O) groups is 1. The smallest absolute Gasteiger partial charge is 0.237 e. The summed E-state index contributed by atoms with van der Waals surface area (Å²) >= 11 is 0. The zero-order chi connectivity index (χ0) is 15.9. The van der Waals surface area contributed by atoms with Gasteiger partial charge in [0.25, 0.3) is 0 Å². The number of rotatable bonds is 6. The number of hydrogen-bond donors (Lipinski definition) is 2. The van der Waals surface area contributed by atoms with Crippen LogP contribution in [-0.4, -0.2) is 41.5 Å². The summed E-state index contributed by atoms with van der Waals surface area (Å²) in [6.07, 6.45) is 8.65. The molecule has 0 aliphatic heterocycles. The fourth-order valence-electron chi connectivity index (χ4n) is 3.18. The second kappa shape index (κ2) is 8.74. The van der Waals surface area contributed by atoms with Gasteiger partial charge in [0.2, 0.25) is 5.91 Å². The van der Waals surface area contributed by atoms with Crippen molar-refractivity contribution in [1.82, 2.24) is 10.2 Å². The molecule has 1 amide bonds. The van der Waals surface area contributed by atoms with Gasteiger partial charge in [-0.2, -0.15) is 0 Å². The van der Waals surface area contributed by atoms with Crippen LogP contribution in [0, 0.1) is 0 Å². The molecule has 4 heteroatoms. The summed E-state index contributed by atoms with van der Waals surface area (Å²) < 4.78 is 0. The molecule has 0 heterocycles. The van der Waals surface area contributed by atoms with E-state index >= 15 is 0 Å². The predicted octanol–water partition coefficient (Wildman–Crippen LogP) is 2.66. The third-order valence-electron chi connectivity index (χ3n) is 4.29. The highest BCUT2D eigenvalue weighted by Gasteiger charge is 2.29. The van der Waals surface area contributed by atoms with Crippen LogP contribution in [0.15, 0.2) is 0 Å². The highest BCUT2D eigenvalue weighted by molar-refractivity contribution is 5.82. The van der Waals surface area contributed by atoms with Crippen LogP contribution >= 0.6 is 0 Å². The highest BCUT2D eigenvalue weighted by atomic mass is 16.2. The van der Waals surface area contributed by atoms with E-state index in [2.05, 4.69) is 10.2 Å². The van der Waals surface area contributed by atoms with E-state index < -0.39 is 0 Å². The van der Waals surface area contributed by atoms with Gasteiger partial charge in [-0.05, 0) is 53.5 Å². The van der Waals surface area contributed by atoms with Crippen molar-refractivity contribution in [2.45, 2.75) is 90.3 Å². The van der Waals surface area contributed by atoms with E-state index in [1.54, 1.807) is 0 Å². The lowest BCUT2D eigenvalue weighted by atomic mass is 10.0. The minimum atomic E-state index is -0.172. The standard InChI is InChI=1S/C17H35N3O/c1-14(16(21)19-17(2,3)4)20(13-9-12-18)15-10-7-5-6-8-11-15/h14-15H,5-13,18H2,1-4H3,(H,19,21). The van der Waals surface area contributed by atoms with E-state index in [0.29, 0.717) is 12.6 Å². The van der Waals surface area contributed by atoms with Gasteiger partial charge in [0.05, 0.1) is 6.04 Å². The summed E-state index contributed by atoms with van der Waals surface area (Å²) in [6.45, 7) is 9.77. The molecule has 0 saturated heterocycles. The van der Waals surface area contributed by atoms with E-state index in [1.165, 1.54) is 38.5 Å². The number of nitrogens with two attached hydrogens (primary N) is 1. The molecule has 4 nitrogen and oxygen atoms in total. The van der Waals surface area contributed by atoms with Gasteiger partial charge in [-0.1, -0.05) is 25.7 Å². The van der Waals surface area contributed by atoms with Crippen LogP contribution in [0.25, 0.3) is 0 Å². The van der Waals surface area contributed by atoms with Crippen molar-refractivity contribution in [2.24, 2.45) is 5.73 Å². The quantitative estimate of drug-likeness (QED) is 0.741. The Bertz CT molecular complexity index is 304. The van der Waals surface area contributed by atoms with Gasteiger partial charge in [0.15, 0.2) is 0 Å². The lowest BCUT2D eigenvalue weighted by Crippen LogP contribution is -2.54. The molecule has 1 rings (SSSR count). The number of carbonyl (C=O) groups excluding carboxylic acids is 1. The van der Waals surface area contributed by atoms with Gasteiger partial charge in [0.1, 0.15) is 0 Å². The summed E-state index contributed by atoms with van der Waals surface area (Å²) in [5.74, 6) is 0.142. The molecular formula is C17H35N3O. The highest BCUT2D eigenvalue weighted by Crippen LogP contribution is 2.24. The van der Waals surface area contributed by atoms with Crippen LogP contribution in [0.2, 0.25) is 0 Å². The van der Waals surface area contributed by atoms with Crippen LogP contribution < -0.4 is 11.1 Å². The molecule has 1 atom stereocenters. The lowest BCUT2D eigenvalue weighted by molar-refractivity contribution is -0.128. The van der Waals surface area contributed by atoms with Crippen molar-refractivity contribution >= 4 is 5.91 Å². The molecule has 1 saturated carbocycles. The molecule has 3 N–H and O–H groups in total. The predicted molar refractivity (Wildman–Crippen MR) is 89.2 cm³/mol. The fraction of sp³-hybridized carbons (Fsp3) is 0.941. The number of amides is 1. The van der Waals surface area contributed by atoms with E-state index in [9.17, 15) is 4.79 Å². The molecule has 21 heavy (non-hydrogen) atoms. The molecule has 1 unspecified atom stereocenters. The summed E-state index contributed by atoms with van der Waals surface area (Å²) in [6, 6.07) is 0.471.